The first-order chi connectivity index (χ1) is 8.43. The van der Waals surface area contributed by atoms with Crippen LogP contribution in [0.1, 0.15) is 19.4 Å². The average Bonchev–Trinajstić information content (AvgIpc) is 2.54. The van der Waals surface area contributed by atoms with Gasteiger partial charge < -0.3 is 4.90 Å². The normalized spacial score (nSPS) is 23.5. The summed E-state index contributed by atoms with van der Waals surface area (Å²) in [6.07, 6.45) is 1.74. The lowest BCUT2D eigenvalue weighted by Crippen LogP contribution is -2.47. The number of hydrogen-bond acceptors (Lipinski definition) is 3. The van der Waals surface area contributed by atoms with Crippen molar-refractivity contribution in [3.8, 4) is 0 Å². The van der Waals surface area contributed by atoms with Crippen LogP contribution in [0.5, 0.6) is 0 Å². The van der Waals surface area contributed by atoms with E-state index >= 15 is 0 Å². The Bertz CT molecular complexity index is 485. The first kappa shape index (κ1) is 13.4. The van der Waals surface area contributed by atoms with E-state index in [4.69, 9.17) is 12.2 Å². The van der Waals surface area contributed by atoms with Crippen molar-refractivity contribution < 1.29 is 9.95 Å². The van der Waals surface area contributed by atoms with Crippen LogP contribution in [0.15, 0.2) is 30.3 Å². The molecule has 0 amide bonds. The summed E-state index contributed by atoms with van der Waals surface area (Å²) in [4.78, 5) is 2.03. The Morgan fingerprint density at radius 2 is 2.00 bits per heavy atom. The zero-order chi connectivity index (χ0) is 13.3. The molecule has 1 heterocycles. The monoisotopic (exact) mass is 281 g/mol. The minimum absolute atomic E-state index is 0.102. The Hall–Kier alpha value is -1.07. The van der Waals surface area contributed by atoms with Gasteiger partial charge >= 0.3 is 0 Å². The molecule has 0 bridgehead atoms. The highest BCUT2D eigenvalue weighted by Crippen LogP contribution is 2.38. The van der Waals surface area contributed by atoms with E-state index in [9.17, 15) is 5.21 Å². The summed E-state index contributed by atoms with van der Waals surface area (Å²) in [5, 5.41) is 10.1. The lowest BCUT2D eigenvalue weighted by Gasteiger charge is -2.28. The highest BCUT2D eigenvalue weighted by molar-refractivity contribution is 8.23. The summed E-state index contributed by atoms with van der Waals surface area (Å²) < 4.78 is 2.07. The van der Waals surface area contributed by atoms with Crippen LogP contribution in [0, 0.1) is 0 Å². The van der Waals surface area contributed by atoms with Gasteiger partial charge in [-0.2, -0.15) is 0 Å². The molecule has 1 aromatic carbocycles. The van der Waals surface area contributed by atoms with Gasteiger partial charge in [-0.25, -0.2) is 0 Å². The summed E-state index contributed by atoms with van der Waals surface area (Å²) in [5.41, 5.74) is 0.763. The predicted molar refractivity (Wildman–Crippen MR) is 79.5 cm³/mol. The van der Waals surface area contributed by atoms with Gasteiger partial charge in [0.2, 0.25) is 6.21 Å². The van der Waals surface area contributed by atoms with E-state index in [-0.39, 0.29) is 10.9 Å². The quantitative estimate of drug-likeness (QED) is 0.296. The topological polar surface area (TPSA) is 26.5 Å². The van der Waals surface area contributed by atoms with E-state index < -0.39 is 0 Å². The summed E-state index contributed by atoms with van der Waals surface area (Å²) >= 11 is 6.80. The molecule has 1 aromatic rings. The number of rotatable bonds is 2. The minimum Gasteiger partial charge on any atom is -0.347 e. The van der Waals surface area contributed by atoms with Gasteiger partial charge in [-0.3, -0.25) is 5.21 Å². The van der Waals surface area contributed by atoms with Crippen LogP contribution in [0.3, 0.4) is 0 Å². The minimum atomic E-state index is -0.207. The van der Waals surface area contributed by atoms with Crippen LogP contribution in [0.2, 0.25) is 0 Å². The number of hydroxylamine groups is 1. The van der Waals surface area contributed by atoms with Gasteiger partial charge in [0.15, 0.2) is 0 Å². The third-order valence-electron chi connectivity index (χ3n) is 3.28. The molecule has 5 heteroatoms. The predicted octanol–water partition coefficient (Wildman–Crippen LogP) is 2.58. The molecule has 1 atom stereocenters. The molecule has 1 aliphatic heterocycles. The van der Waals surface area contributed by atoms with Crippen molar-refractivity contribution in [3.63, 3.8) is 0 Å². The molecule has 1 fully saturated rings. The zero-order valence-electron chi connectivity index (χ0n) is 10.7. The van der Waals surface area contributed by atoms with E-state index in [1.165, 1.54) is 16.5 Å². The maximum absolute atomic E-state index is 10.2. The second-order valence-corrected chi connectivity index (χ2v) is 6.58. The molecule has 1 unspecified atom stereocenters. The van der Waals surface area contributed by atoms with Crippen molar-refractivity contribution in [1.29, 1.82) is 0 Å². The Morgan fingerprint density at radius 3 is 2.50 bits per heavy atom. The van der Waals surface area contributed by atoms with Gasteiger partial charge in [0, 0.05) is 12.6 Å². The molecule has 18 heavy (non-hydrogen) atoms. The van der Waals surface area contributed by atoms with Crippen molar-refractivity contribution >= 4 is 34.5 Å². The molecule has 0 saturated carbocycles. The maximum atomic E-state index is 10.2. The maximum Gasteiger partial charge on any atom is 0.276 e. The molecule has 96 valence electrons. The van der Waals surface area contributed by atoms with Crippen LogP contribution in [-0.4, -0.2) is 43.3 Å². The van der Waals surface area contributed by atoms with Crippen molar-refractivity contribution in [2.45, 2.75) is 24.8 Å². The largest absolute Gasteiger partial charge is 0.347 e. The number of benzene rings is 1. The molecule has 0 spiro atoms. The van der Waals surface area contributed by atoms with E-state index in [1.54, 1.807) is 6.21 Å². The average molecular weight is 281 g/mol. The second kappa shape index (κ2) is 4.90. The molecular weight excluding hydrogens is 264 g/mol. The number of thiocarbonyl (C=S) groups is 1. The van der Waals surface area contributed by atoms with E-state index in [0.717, 1.165) is 9.88 Å². The van der Waals surface area contributed by atoms with Crippen LogP contribution in [0.25, 0.3) is 0 Å². The first-order valence-corrected chi connectivity index (χ1v) is 7.03. The van der Waals surface area contributed by atoms with Crippen molar-refractivity contribution in [2.24, 2.45) is 0 Å². The SMILES string of the molecule is CN1C(=S)SC([N+](O)=Cc2ccccc2)C1(C)C. The number of hydrogen-bond donors (Lipinski definition) is 1. The van der Waals surface area contributed by atoms with Gasteiger partial charge in [-0.15, -0.1) is 0 Å². The summed E-state index contributed by atoms with van der Waals surface area (Å²) in [6.45, 7) is 4.15. The Balaban J connectivity index is 2.27. The van der Waals surface area contributed by atoms with Crippen LogP contribution in [0.4, 0.5) is 0 Å². The lowest BCUT2D eigenvalue weighted by atomic mass is 10.0. The van der Waals surface area contributed by atoms with Crippen molar-refractivity contribution in [3.05, 3.63) is 35.9 Å². The molecule has 0 aromatic heterocycles. The third kappa shape index (κ3) is 2.37. The number of likely N-dealkylation sites (N-methyl/N-ethyl adjacent to an activating group) is 1. The van der Waals surface area contributed by atoms with E-state index in [0.29, 0.717) is 0 Å². The van der Waals surface area contributed by atoms with Gasteiger partial charge in [0.1, 0.15) is 9.86 Å². The second-order valence-electron chi connectivity index (χ2n) is 4.87. The Labute approximate surface area is 117 Å². The highest BCUT2D eigenvalue weighted by atomic mass is 32.2. The molecule has 2 rings (SSSR count). The van der Waals surface area contributed by atoms with Gasteiger partial charge in [0.25, 0.3) is 5.37 Å². The lowest BCUT2D eigenvalue weighted by molar-refractivity contribution is -0.785. The van der Waals surface area contributed by atoms with Gasteiger partial charge in [0.05, 0.1) is 0 Å². The number of thioether (sulfide) groups is 1. The summed E-state index contributed by atoms with van der Waals surface area (Å²) in [7, 11) is 1.96. The first-order valence-electron chi connectivity index (χ1n) is 5.74. The van der Waals surface area contributed by atoms with Crippen LogP contribution < -0.4 is 0 Å². The summed E-state index contributed by atoms with van der Waals surface area (Å²) in [5.74, 6) is 0. The van der Waals surface area contributed by atoms with Gasteiger partial charge in [-0.05, 0) is 42.5 Å². The van der Waals surface area contributed by atoms with Crippen molar-refractivity contribution in [2.75, 3.05) is 7.05 Å². The highest BCUT2D eigenvalue weighted by Gasteiger charge is 2.51. The third-order valence-corrected chi connectivity index (χ3v) is 5.33. The fraction of sp³-hybridized carbons (Fsp3) is 0.385. The van der Waals surface area contributed by atoms with Gasteiger partial charge in [-0.1, -0.05) is 30.4 Å². The molecular formula is C13H17N2OS2+. The molecule has 0 radical (unpaired) electrons. The zero-order valence-corrected chi connectivity index (χ0v) is 12.3. The molecule has 1 saturated heterocycles. The fourth-order valence-electron chi connectivity index (χ4n) is 1.86. The van der Waals surface area contributed by atoms with Crippen LogP contribution in [-0.2, 0) is 0 Å². The molecule has 1 N–H and O–H groups in total. The smallest absolute Gasteiger partial charge is 0.276 e. The molecule has 3 nitrogen and oxygen atoms in total. The van der Waals surface area contributed by atoms with Crippen molar-refractivity contribution in [1.82, 2.24) is 4.90 Å². The Kier molecular flexibility index (Phi) is 3.64. The fourth-order valence-corrected chi connectivity index (χ4v) is 3.57. The Morgan fingerprint density at radius 1 is 1.39 bits per heavy atom. The molecule has 0 aliphatic carbocycles. The standard InChI is InChI=1S/C13H17N2OS2/c1-13(2)11(18-12(17)14(13)3)15(16)9-10-7-5-4-6-8-10/h4-9,11,16H,1-3H3/q+1. The van der Waals surface area contributed by atoms with E-state index in [1.807, 2.05) is 42.3 Å². The molecule has 1 aliphatic rings. The number of nitrogens with zero attached hydrogens (tertiary/aromatic N) is 2. The van der Waals surface area contributed by atoms with Crippen LogP contribution >= 0.6 is 24.0 Å². The summed E-state index contributed by atoms with van der Waals surface area (Å²) in [6, 6.07) is 9.76. The van der Waals surface area contributed by atoms with E-state index in [2.05, 4.69) is 13.8 Å².